The maximum Gasteiger partial charge on any atom is 0.254 e. The van der Waals surface area contributed by atoms with Gasteiger partial charge in [-0.3, -0.25) is 4.79 Å². The summed E-state index contributed by atoms with van der Waals surface area (Å²) in [6.07, 6.45) is 2.41. The van der Waals surface area contributed by atoms with Crippen molar-refractivity contribution in [2.24, 2.45) is 0 Å². The van der Waals surface area contributed by atoms with Crippen LogP contribution >= 0.6 is 0 Å². The lowest BCUT2D eigenvalue weighted by atomic mass is 9.89. The van der Waals surface area contributed by atoms with Gasteiger partial charge in [0.2, 0.25) is 0 Å². The third-order valence-electron chi connectivity index (χ3n) is 6.62. The van der Waals surface area contributed by atoms with Crippen LogP contribution in [-0.4, -0.2) is 33.9 Å². The molecule has 1 aliphatic carbocycles. The van der Waals surface area contributed by atoms with Gasteiger partial charge in [0.15, 0.2) is 0 Å². The molecule has 3 aromatic rings. The van der Waals surface area contributed by atoms with E-state index in [0.717, 1.165) is 39.5 Å². The van der Waals surface area contributed by atoms with Crippen molar-refractivity contribution in [3.05, 3.63) is 75.7 Å². The van der Waals surface area contributed by atoms with Crippen LogP contribution in [0.2, 0.25) is 0 Å². The molecular formula is C26H26N4O. The summed E-state index contributed by atoms with van der Waals surface area (Å²) in [5.74, 6) is 2.06. The highest BCUT2D eigenvalue weighted by molar-refractivity contribution is 5.97. The highest BCUT2D eigenvalue weighted by Crippen LogP contribution is 2.40. The maximum absolute atomic E-state index is 13.3. The Kier molecular flexibility index (Phi) is 4.66. The normalized spacial score (nSPS) is 16.1. The summed E-state index contributed by atoms with van der Waals surface area (Å²) in [6.45, 7) is 7.57. The zero-order chi connectivity index (χ0) is 21.7. The average Bonchev–Trinajstić information content (AvgIpc) is 3.50. The Balaban J connectivity index is 1.37. The summed E-state index contributed by atoms with van der Waals surface area (Å²) in [4.78, 5) is 23.5. The second-order valence-corrected chi connectivity index (χ2v) is 8.98. The molecule has 1 aromatic heterocycles. The highest BCUT2D eigenvalue weighted by Gasteiger charge is 2.33. The number of benzene rings is 2. The molecule has 2 fully saturated rings. The predicted octanol–water partition coefficient (Wildman–Crippen LogP) is 4.99. The van der Waals surface area contributed by atoms with Crippen molar-refractivity contribution in [1.82, 2.24) is 14.9 Å². The molecule has 5 rings (SSSR count). The number of rotatable bonds is 4. The van der Waals surface area contributed by atoms with E-state index < -0.39 is 0 Å². The number of nitrogens with one attached hydrogen (secondary N) is 1. The fourth-order valence-electron chi connectivity index (χ4n) is 4.50. The Morgan fingerprint density at radius 1 is 1.06 bits per heavy atom. The van der Waals surface area contributed by atoms with Crippen molar-refractivity contribution in [2.45, 2.75) is 45.4 Å². The molecule has 5 heteroatoms. The minimum Gasteiger partial charge on any atom is -0.342 e. The van der Waals surface area contributed by atoms with Crippen LogP contribution in [0.1, 0.15) is 68.8 Å². The van der Waals surface area contributed by atoms with Gasteiger partial charge < -0.3 is 9.88 Å². The molecule has 1 aliphatic heterocycles. The Hall–Kier alpha value is -3.39. The van der Waals surface area contributed by atoms with E-state index in [-0.39, 0.29) is 5.91 Å². The average molecular weight is 411 g/mol. The maximum atomic E-state index is 13.3. The van der Waals surface area contributed by atoms with Gasteiger partial charge in [-0.25, -0.2) is 4.98 Å². The minimum atomic E-state index is 0.0863. The molecule has 0 bridgehead atoms. The first-order valence-electron chi connectivity index (χ1n) is 10.9. The molecule has 0 atom stereocenters. The molecule has 2 aliphatic rings. The molecule has 2 heterocycles. The smallest absolute Gasteiger partial charge is 0.254 e. The Morgan fingerprint density at radius 2 is 1.77 bits per heavy atom. The summed E-state index contributed by atoms with van der Waals surface area (Å²) >= 11 is 0. The van der Waals surface area contributed by atoms with Crippen molar-refractivity contribution in [3.8, 4) is 17.3 Å². The molecule has 1 saturated heterocycles. The number of hydrogen-bond acceptors (Lipinski definition) is 3. The first-order chi connectivity index (χ1) is 14.9. The molecule has 0 unspecified atom stereocenters. The van der Waals surface area contributed by atoms with Gasteiger partial charge in [-0.2, -0.15) is 5.26 Å². The summed E-state index contributed by atoms with van der Waals surface area (Å²) in [6, 6.07) is 14.0. The van der Waals surface area contributed by atoms with Crippen LogP contribution < -0.4 is 0 Å². The van der Waals surface area contributed by atoms with E-state index in [0.29, 0.717) is 30.5 Å². The topological polar surface area (TPSA) is 72.8 Å². The third-order valence-corrected chi connectivity index (χ3v) is 6.62. The zero-order valence-electron chi connectivity index (χ0n) is 18.2. The van der Waals surface area contributed by atoms with Crippen LogP contribution in [0.25, 0.3) is 11.3 Å². The number of carbonyl (C=O) groups is 1. The highest BCUT2D eigenvalue weighted by atomic mass is 16.2. The number of aryl methyl sites for hydroxylation is 3. The van der Waals surface area contributed by atoms with Gasteiger partial charge in [-0.05, 0) is 68.5 Å². The van der Waals surface area contributed by atoms with Crippen molar-refractivity contribution in [1.29, 1.82) is 5.26 Å². The number of hydrogen-bond donors (Lipinski definition) is 1. The largest absolute Gasteiger partial charge is 0.342 e. The number of aromatic nitrogens is 2. The van der Waals surface area contributed by atoms with E-state index >= 15 is 0 Å². The van der Waals surface area contributed by atoms with Gasteiger partial charge in [0, 0.05) is 36.1 Å². The molecule has 0 radical (unpaired) electrons. The Labute approximate surface area is 182 Å². The predicted molar refractivity (Wildman–Crippen MR) is 120 cm³/mol. The number of H-pyrrole nitrogens is 1. The number of nitrogens with zero attached hydrogens (tertiary/aromatic N) is 3. The van der Waals surface area contributed by atoms with E-state index in [1.54, 1.807) is 0 Å². The standard InChI is InChI=1S/C26H26N4O/c1-15-10-16(2)23(11-22(15)24-17(3)28-25(29-24)20-8-9-20)26(31)30-13-21(14-30)19-6-4-18(12-27)5-7-19/h4-7,10-11,20-21H,8-9,13-14H2,1-3H3,(H,28,29). The SMILES string of the molecule is Cc1cc(C)c(-c2[nH]c(C3CC3)nc2C)cc1C(=O)N1CC(c2ccc(C#N)cc2)C1. The molecule has 5 nitrogen and oxygen atoms in total. The molecule has 1 N–H and O–H groups in total. The molecule has 1 amide bonds. The zero-order valence-corrected chi connectivity index (χ0v) is 18.2. The van der Waals surface area contributed by atoms with Crippen molar-refractivity contribution < 1.29 is 4.79 Å². The van der Waals surface area contributed by atoms with Gasteiger partial charge >= 0.3 is 0 Å². The number of nitriles is 1. The molecule has 0 spiro atoms. The number of amides is 1. The van der Waals surface area contributed by atoms with Crippen LogP contribution in [0.15, 0.2) is 36.4 Å². The van der Waals surface area contributed by atoms with Gasteiger partial charge in [0.25, 0.3) is 5.91 Å². The number of imidazole rings is 1. The van der Waals surface area contributed by atoms with E-state index in [1.165, 1.54) is 18.4 Å². The van der Waals surface area contributed by atoms with E-state index in [9.17, 15) is 4.79 Å². The second kappa shape index (κ2) is 7.39. The van der Waals surface area contributed by atoms with E-state index in [1.807, 2.05) is 49.1 Å². The van der Waals surface area contributed by atoms with Crippen LogP contribution in [0.4, 0.5) is 0 Å². The number of aromatic amines is 1. The first-order valence-corrected chi connectivity index (χ1v) is 10.9. The van der Waals surface area contributed by atoms with Crippen LogP contribution in [0.5, 0.6) is 0 Å². The van der Waals surface area contributed by atoms with Gasteiger partial charge in [0.05, 0.1) is 23.0 Å². The molecule has 1 saturated carbocycles. The van der Waals surface area contributed by atoms with Crippen molar-refractivity contribution >= 4 is 5.91 Å². The van der Waals surface area contributed by atoms with Crippen LogP contribution in [0.3, 0.4) is 0 Å². The second-order valence-electron chi connectivity index (χ2n) is 8.98. The monoisotopic (exact) mass is 410 g/mol. The van der Waals surface area contributed by atoms with Gasteiger partial charge in [-0.1, -0.05) is 18.2 Å². The summed E-state index contributed by atoms with van der Waals surface area (Å²) in [7, 11) is 0. The minimum absolute atomic E-state index is 0.0863. The van der Waals surface area contributed by atoms with Crippen molar-refractivity contribution in [3.63, 3.8) is 0 Å². The fraction of sp³-hybridized carbons (Fsp3) is 0.346. The third kappa shape index (κ3) is 3.53. The molecule has 2 aromatic carbocycles. The number of likely N-dealkylation sites (tertiary alicyclic amines) is 1. The molecular weight excluding hydrogens is 384 g/mol. The summed E-state index contributed by atoms with van der Waals surface area (Å²) < 4.78 is 0. The lowest BCUT2D eigenvalue weighted by molar-refractivity contribution is 0.0601. The quantitative estimate of drug-likeness (QED) is 0.658. The fourth-order valence-corrected chi connectivity index (χ4v) is 4.50. The molecule has 31 heavy (non-hydrogen) atoms. The Morgan fingerprint density at radius 3 is 2.42 bits per heavy atom. The Bertz CT molecular complexity index is 1210. The first kappa shape index (κ1) is 19.6. The van der Waals surface area contributed by atoms with Crippen LogP contribution in [-0.2, 0) is 0 Å². The van der Waals surface area contributed by atoms with Gasteiger partial charge in [0.1, 0.15) is 5.82 Å². The lowest BCUT2D eigenvalue weighted by Crippen LogP contribution is -2.48. The number of carbonyl (C=O) groups excluding carboxylic acids is 1. The van der Waals surface area contributed by atoms with Crippen molar-refractivity contribution in [2.75, 3.05) is 13.1 Å². The molecule has 156 valence electrons. The van der Waals surface area contributed by atoms with E-state index in [2.05, 4.69) is 24.0 Å². The lowest BCUT2D eigenvalue weighted by Gasteiger charge is -2.40. The summed E-state index contributed by atoms with van der Waals surface area (Å²) in [5, 5.41) is 8.97. The summed E-state index contributed by atoms with van der Waals surface area (Å²) in [5.41, 5.74) is 7.87. The van der Waals surface area contributed by atoms with Gasteiger partial charge in [-0.15, -0.1) is 0 Å². The van der Waals surface area contributed by atoms with Crippen LogP contribution in [0, 0.1) is 32.1 Å². The van der Waals surface area contributed by atoms with E-state index in [4.69, 9.17) is 10.2 Å².